The third-order valence-electron chi connectivity index (χ3n) is 2.03. The Bertz CT molecular complexity index is 348. The first-order valence-corrected chi connectivity index (χ1v) is 4.40. The van der Waals surface area contributed by atoms with E-state index in [0.717, 1.165) is 12.6 Å². The minimum Gasteiger partial charge on any atom is -0.495 e. The van der Waals surface area contributed by atoms with E-state index in [9.17, 15) is 9.50 Å². The summed E-state index contributed by atoms with van der Waals surface area (Å²) < 4.78 is 17.7. The Morgan fingerprint density at radius 1 is 1.50 bits per heavy atom. The molecule has 0 aliphatic carbocycles. The third kappa shape index (κ3) is 1.75. The van der Waals surface area contributed by atoms with E-state index >= 15 is 0 Å². The molecule has 4 heteroatoms. The number of hydrogen-bond donors (Lipinski definition) is 1. The Hall–Kier alpha value is -1.42. The molecule has 0 amide bonds. The van der Waals surface area contributed by atoms with Crippen LogP contribution in [0, 0.1) is 5.82 Å². The molecule has 1 aliphatic rings. The lowest BCUT2D eigenvalue weighted by atomic mass is 10.2. The molecule has 74 valence electrons. The predicted molar refractivity (Wildman–Crippen MR) is 47.8 cm³/mol. The van der Waals surface area contributed by atoms with Gasteiger partial charge in [0.2, 0.25) is 0 Å². The molecule has 1 aromatic heterocycles. The molecule has 0 spiro atoms. The van der Waals surface area contributed by atoms with Crippen molar-refractivity contribution in [1.82, 2.24) is 4.98 Å². The smallest absolute Gasteiger partial charge is 0.152 e. The molecular formula is C10H10FNO2. The first-order valence-electron chi connectivity index (χ1n) is 4.40. The van der Waals surface area contributed by atoms with Gasteiger partial charge >= 0.3 is 0 Å². The van der Waals surface area contributed by atoms with E-state index in [-0.39, 0.29) is 0 Å². The zero-order valence-corrected chi connectivity index (χ0v) is 7.48. The second-order valence-corrected chi connectivity index (χ2v) is 3.05. The van der Waals surface area contributed by atoms with Crippen LogP contribution in [0.25, 0.3) is 0 Å². The number of rotatable bonds is 2. The van der Waals surface area contributed by atoms with Crippen molar-refractivity contribution in [2.75, 3.05) is 6.61 Å². The van der Waals surface area contributed by atoms with Gasteiger partial charge in [0.1, 0.15) is 11.6 Å². The summed E-state index contributed by atoms with van der Waals surface area (Å²) in [7, 11) is 0. The van der Waals surface area contributed by atoms with Crippen LogP contribution < -0.4 is 0 Å². The number of pyridine rings is 1. The standard InChI is InChI=1S/C10H10FNO2/c11-7-3-4-8(12-6-7)10(13)9-2-1-5-14-9/h2-4,6,10,13H,1,5H2. The molecule has 1 N–H and O–H groups in total. The van der Waals surface area contributed by atoms with E-state index in [1.165, 1.54) is 12.1 Å². The molecular weight excluding hydrogens is 185 g/mol. The first kappa shape index (κ1) is 9.15. The van der Waals surface area contributed by atoms with Crippen molar-refractivity contribution in [1.29, 1.82) is 0 Å². The van der Waals surface area contributed by atoms with Crippen LogP contribution in [0.3, 0.4) is 0 Å². The highest BCUT2D eigenvalue weighted by atomic mass is 19.1. The number of aromatic nitrogens is 1. The Labute approximate surface area is 80.9 Å². The number of nitrogens with zero attached hydrogens (tertiary/aromatic N) is 1. The van der Waals surface area contributed by atoms with Crippen LogP contribution in [0.2, 0.25) is 0 Å². The average molecular weight is 195 g/mol. The summed E-state index contributed by atoms with van der Waals surface area (Å²) in [6, 6.07) is 2.71. The first-order chi connectivity index (χ1) is 6.77. The van der Waals surface area contributed by atoms with Gasteiger partial charge in [0.05, 0.1) is 18.5 Å². The molecule has 3 nitrogen and oxygen atoms in total. The van der Waals surface area contributed by atoms with Crippen LogP contribution >= 0.6 is 0 Å². The molecule has 1 unspecified atom stereocenters. The van der Waals surface area contributed by atoms with Gasteiger partial charge in [-0.05, 0) is 18.2 Å². The molecule has 0 saturated carbocycles. The van der Waals surface area contributed by atoms with Crippen molar-refractivity contribution in [2.45, 2.75) is 12.5 Å². The van der Waals surface area contributed by atoms with Crippen molar-refractivity contribution >= 4 is 0 Å². The zero-order chi connectivity index (χ0) is 9.97. The monoisotopic (exact) mass is 195 g/mol. The van der Waals surface area contributed by atoms with Crippen LogP contribution in [0.15, 0.2) is 30.2 Å². The predicted octanol–water partition coefficient (Wildman–Crippen LogP) is 1.56. The van der Waals surface area contributed by atoms with Gasteiger partial charge in [-0.2, -0.15) is 0 Å². The van der Waals surface area contributed by atoms with Gasteiger partial charge in [-0.1, -0.05) is 0 Å². The van der Waals surface area contributed by atoms with Gasteiger partial charge in [0, 0.05) is 6.42 Å². The normalized spacial score (nSPS) is 17.4. The SMILES string of the molecule is OC(C1=CCCO1)c1ccc(F)cn1. The number of aliphatic hydroxyl groups is 1. The maximum Gasteiger partial charge on any atom is 0.152 e. The Morgan fingerprint density at radius 2 is 2.36 bits per heavy atom. The zero-order valence-electron chi connectivity index (χ0n) is 7.48. The summed E-state index contributed by atoms with van der Waals surface area (Å²) in [6.45, 7) is 0.591. The van der Waals surface area contributed by atoms with Crippen molar-refractivity contribution in [3.05, 3.63) is 41.7 Å². The molecule has 2 rings (SSSR count). The van der Waals surface area contributed by atoms with Gasteiger partial charge in [-0.3, -0.25) is 4.98 Å². The molecule has 0 saturated heterocycles. The topological polar surface area (TPSA) is 42.4 Å². The molecule has 0 radical (unpaired) electrons. The van der Waals surface area contributed by atoms with E-state index in [2.05, 4.69) is 4.98 Å². The Kier molecular flexibility index (Phi) is 2.45. The largest absolute Gasteiger partial charge is 0.495 e. The average Bonchev–Trinajstić information content (AvgIpc) is 2.71. The Balaban J connectivity index is 2.18. The summed E-state index contributed by atoms with van der Waals surface area (Å²) in [5, 5.41) is 9.73. The second-order valence-electron chi connectivity index (χ2n) is 3.05. The van der Waals surface area contributed by atoms with Crippen molar-refractivity contribution in [2.24, 2.45) is 0 Å². The molecule has 1 atom stereocenters. The van der Waals surface area contributed by atoms with E-state index < -0.39 is 11.9 Å². The van der Waals surface area contributed by atoms with Gasteiger partial charge < -0.3 is 9.84 Å². The summed E-state index contributed by atoms with van der Waals surface area (Å²) in [5.41, 5.74) is 0.402. The van der Waals surface area contributed by atoms with E-state index in [4.69, 9.17) is 4.74 Å². The minimum atomic E-state index is -0.877. The lowest BCUT2D eigenvalue weighted by Crippen LogP contribution is -2.04. The van der Waals surface area contributed by atoms with E-state index in [1.54, 1.807) is 0 Å². The quantitative estimate of drug-likeness (QED) is 0.778. The minimum absolute atomic E-state index is 0.402. The number of ether oxygens (including phenoxy) is 1. The highest BCUT2D eigenvalue weighted by Crippen LogP contribution is 2.24. The van der Waals surface area contributed by atoms with Crippen molar-refractivity contribution in [3.8, 4) is 0 Å². The molecule has 1 aliphatic heterocycles. The summed E-state index contributed by atoms with van der Waals surface area (Å²) in [6.07, 6.45) is 2.82. The summed E-state index contributed by atoms with van der Waals surface area (Å²) in [5.74, 6) is 0.0892. The fraction of sp³-hybridized carbons (Fsp3) is 0.300. The van der Waals surface area contributed by atoms with Crippen molar-refractivity contribution < 1.29 is 14.2 Å². The fourth-order valence-corrected chi connectivity index (χ4v) is 1.32. The van der Waals surface area contributed by atoms with Crippen molar-refractivity contribution in [3.63, 3.8) is 0 Å². The van der Waals surface area contributed by atoms with Crippen LogP contribution in [0.4, 0.5) is 4.39 Å². The number of hydrogen-bond acceptors (Lipinski definition) is 3. The Morgan fingerprint density at radius 3 is 2.93 bits per heavy atom. The van der Waals surface area contributed by atoms with Gasteiger partial charge in [-0.15, -0.1) is 0 Å². The molecule has 0 bridgehead atoms. The molecule has 14 heavy (non-hydrogen) atoms. The summed E-state index contributed by atoms with van der Waals surface area (Å²) >= 11 is 0. The highest BCUT2D eigenvalue weighted by Gasteiger charge is 2.18. The molecule has 1 aromatic rings. The number of aliphatic hydroxyl groups excluding tert-OH is 1. The molecule has 2 heterocycles. The van der Waals surface area contributed by atoms with Gasteiger partial charge in [0.25, 0.3) is 0 Å². The van der Waals surface area contributed by atoms with Crippen LogP contribution in [0.1, 0.15) is 18.2 Å². The van der Waals surface area contributed by atoms with Crippen LogP contribution in [-0.4, -0.2) is 16.7 Å². The van der Waals surface area contributed by atoms with Crippen LogP contribution in [0.5, 0.6) is 0 Å². The van der Waals surface area contributed by atoms with E-state index in [0.29, 0.717) is 18.1 Å². The third-order valence-corrected chi connectivity index (χ3v) is 2.03. The maximum absolute atomic E-state index is 12.5. The molecule has 0 aromatic carbocycles. The maximum atomic E-state index is 12.5. The lowest BCUT2D eigenvalue weighted by molar-refractivity contribution is 0.116. The van der Waals surface area contributed by atoms with Gasteiger partial charge in [-0.25, -0.2) is 4.39 Å². The second kappa shape index (κ2) is 3.75. The fourth-order valence-electron chi connectivity index (χ4n) is 1.32. The molecule has 0 fully saturated rings. The van der Waals surface area contributed by atoms with E-state index in [1.807, 2.05) is 6.08 Å². The number of halogens is 1. The highest BCUT2D eigenvalue weighted by molar-refractivity contribution is 5.17. The van der Waals surface area contributed by atoms with Crippen LogP contribution in [-0.2, 0) is 4.74 Å². The van der Waals surface area contributed by atoms with Gasteiger partial charge in [0.15, 0.2) is 6.10 Å². The lowest BCUT2D eigenvalue weighted by Gasteiger charge is -2.10. The summed E-state index contributed by atoms with van der Waals surface area (Å²) in [4.78, 5) is 3.78.